The van der Waals surface area contributed by atoms with Crippen LogP contribution in [0.4, 0.5) is 0 Å². The first kappa shape index (κ1) is 16.6. The molecule has 0 spiro atoms. The number of esters is 1. The molecule has 0 aromatic heterocycles. The Morgan fingerprint density at radius 1 is 0.962 bits per heavy atom. The van der Waals surface area contributed by atoms with Crippen molar-refractivity contribution in [3.63, 3.8) is 0 Å². The van der Waals surface area contributed by atoms with Crippen molar-refractivity contribution in [3.05, 3.63) is 89.5 Å². The lowest BCUT2D eigenvalue weighted by Gasteiger charge is -2.12. The minimum absolute atomic E-state index is 0.0327. The van der Waals surface area contributed by atoms with Crippen LogP contribution in [0.3, 0.4) is 0 Å². The minimum atomic E-state index is -0.368. The van der Waals surface area contributed by atoms with Crippen LogP contribution in [0.5, 0.6) is 0 Å². The molecule has 0 aliphatic heterocycles. The SMILES string of the molecule is C=Cc1cccc2c(C(=O)OCOC3Cc4ccccc4C3)cccc12. The summed E-state index contributed by atoms with van der Waals surface area (Å²) in [5, 5.41) is 1.85. The predicted octanol–water partition coefficient (Wildman–Crippen LogP) is 4.78. The standard InChI is InChI=1S/C23H20O3/c1-2-16-9-5-11-21-20(16)10-6-12-22(21)23(24)26-15-25-19-13-17-7-3-4-8-18(17)14-19/h2-12,19H,1,13-15H2. The summed E-state index contributed by atoms with van der Waals surface area (Å²) in [6, 6.07) is 19.8. The Balaban J connectivity index is 1.42. The summed E-state index contributed by atoms with van der Waals surface area (Å²) < 4.78 is 11.2. The molecule has 0 atom stereocenters. The summed E-state index contributed by atoms with van der Waals surface area (Å²) in [4.78, 5) is 12.5. The van der Waals surface area contributed by atoms with Crippen LogP contribution in [-0.2, 0) is 22.3 Å². The van der Waals surface area contributed by atoms with Crippen LogP contribution in [0.15, 0.2) is 67.2 Å². The highest BCUT2D eigenvalue weighted by Crippen LogP contribution is 2.25. The van der Waals surface area contributed by atoms with Gasteiger partial charge in [-0.15, -0.1) is 0 Å². The molecule has 130 valence electrons. The Bertz CT molecular complexity index is 949. The van der Waals surface area contributed by atoms with Crippen molar-refractivity contribution in [3.8, 4) is 0 Å². The highest BCUT2D eigenvalue weighted by molar-refractivity contribution is 6.06. The highest BCUT2D eigenvalue weighted by atomic mass is 16.7. The molecule has 0 saturated heterocycles. The monoisotopic (exact) mass is 344 g/mol. The zero-order valence-corrected chi connectivity index (χ0v) is 14.5. The molecule has 0 fully saturated rings. The van der Waals surface area contributed by atoms with Crippen molar-refractivity contribution in [2.45, 2.75) is 18.9 Å². The molecule has 0 saturated carbocycles. The van der Waals surface area contributed by atoms with E-state index in [-0.39, 0.29) is 18.9 Å². The lowest BCUT2D eigenvalue weighted by Crippen LogP contribution is -2.17. The normalized spacial score (nSPS) is 13.5. The van der Waals surface area contributed by atoms with Gasteiger partial charge in [-0.05, 0) is 46.4 Å². The van der Waals surface area contributed by atoms with Gasteiger partial charge in [-0.25, -0.2) is 4.79 Å². The first-order valence-electron chi connectivity index (χ1n) is 8.76. The first-order valence-corrected chi connectivity index (χ1v) is 8.76. The molecular formula is C23H20O3. The van der Waals surface area contributed by atoms with Crippen molar-refractivity contribution in [2.75, 3.05) is 6.79 Å². The molecule has 3 heteroatoms. The van der Waals surface area contributed by atoms with E-state index in [9.17, 15) is 4.79 Å². The van der Waals surface area contributed by atoms with Gasteiger partial charge in [0.05, 0.1) is 11.7 Å². The highest BCUT2D eigenvalue weighted by Gasteiger charge is 2.22. The number of benzene rings is 3. The zero-order chi connectivity index (χ0) is 17.9. The molecule has 3 nitrogen and oxygen atoms in total. The largest absolute Gasteiger partial charge is 0.435 e. The van der Waals surface area contributed by atoms with Crippen LogP contribution in [0.2, 0.25) is 0 Å². The maximum Gasteiger partial charge on any atom is 0.340 e. The van der Waals surface area contributed by atoms with Crippen molar-refractivity contribution in [1.29, 1.82) is 0 Å². The molecule has 26 heavy (non-hydrogen) atoms. The number of hydrogen-bond acceptors (Lipinski definition) is 3. The van der Waals surface area contributed by atoms with Crippen LogP contribution in [-0.4, -0.2) is 18.9 Å². The quantitative estimate of drug-likeness (QED) is 0.493. The smallest absolute Gasteiger partial charge is 0.340 e. The van der Waals surface area contributed by atoms with Gasteiger partial charge in [-0.3, -0.25) is 0 Å². The summed E-state index contributed by atoms with van der Waals surface area (Å²) >= 11 is 0. The summed E-state index contributed by atoms with van der Waals surface area (Å²) in [5.41, 5.74) is 4.17. The van der Waals surface area contributed by atoms with E-state index in [0.717, 1.165) is 29.2 Å². The third-order valence-electron chi connectivity index (χ3n) is 4.90. The second-order valence-corrected chi connectivity index (χ2v) is 6.47. The Labute approximate surface area is 152 Å². The van der Waals surface area contributed by atoms with Gasteiger partial charge in [0.15, 0.2) is 6.79 Å². The third kappa shape index (κ3) is 3.14. The van der Waals surface area contributed by atoms with E-state index in [2.05, 4.69) is 18.7 Å². The van der Waals surface area contributed by atoms with Crippen molar-refractivity contribution >= 4 is 22.8 Å². The predicted molar refractivity (Wildman–Crippen MR) is 103 cm³/mol. The number of rotatable bonds is 5. The van der Waals surface area contributed by atoms with Crippen molar-refractivity contribution in [2.24, 2.45) is 0 Å². The van der Waals surface area contributed by atoms with Crippen LogP contribution >= 0.6 is 0 Å². The van der Waals surface area contributed by atoms with Gasteiger partial charge in [0.25, 0.3) is 0 Å². The number of carbonyl (C=O) groups is 1. The van der Waals surface area contributed by atoms with E-state index in [1.165, 1.54) is 11.1 Å². The maximum atomic E-state index is 12.5. The summed E-state index contributed by atoms with van der Waals surface area (Å²) in [7, 11) is 0. The molecule has 0 bridgehead atoms. The van der Waals surface area contributed by atoms with Crippen molar-refractivity contribution < 1.29 is 14.3 Å². The van der Waals surface area contributed by atoms with Gasteiger partial charge in [0.2, 0.25) is 0 Å². The van der Waals surface area contributed by atoms with Gasteiger partial charge < -0.3 is 9.47 Å². The molecule has 0 heterocycles. The molecule has 0 unspecified atom stereocenters. The van der Waals surface area contributed by atoms with E-state index in [0.29, 0.717) is 5.56 Å². The summed E-state index contributed by atoms with van der Waals surface area (Å²) in [6.07, 6.45) is 3.59. The Morgan fingerprint density at radius 2 is 1.65 bits per heavy atom. The van der Waals surface area contributed by atoms with E-state index >= 15 is 0 Å². The second kappa shape index (κ2) is 7.14. The fraction of sp³-hybridized carbons (Fsp3) is 0.174. The molecular weight excluding hydrogens is 324 g/mol. The van der Waals surface area contributed by atoms with Gasteiger partial charge in [0.1, 0.15) is 0 Å². The fourth-order valence-electron chi connectivity index (χ4n) is 3.59. The maximum absolute atomic E-state index is 12.5. The van der Waals surface area contributed by atoms with Crippen molar-refractivity contribution in [1.82, 2.24) is 0 Å². The van der Waals surface area contributed by atoms with Gasteiger partial charge >= 0.3 is 5.97 Å². The van der Waals surface area contributed by atoms with Gasteiger partial charge in [-0.1, -0.05) is 67.3 Å². The Morgan fingerprint density at radius 3 is 2.38 bits per heavy atom. The average Bonchev–Trinajstić information content (AvgIpc) is 3.09. The summed E-state index contributed by atoms with van der Waals surface area (Å²) in [5.74, 6) is -0.368. The molecule has 0 radical (unpaired) electrons. The minimum Gasteiger partial charge on any atom is -0.435 e. The Kier molecular flexibility index (Phi) is 4.55. The average molecular weight is 344 g/mol. The third-order valence-corrected chi connectivity index (χ3v) is 4.90. The van der Waals surface area contributed by atoms with E-state index < -0.39 is 0 Å². The fourth-order valence-corrected chi connectivity index (χ4v) is 3.59. The molecule has 1 aliphatic carbocycles. The van der Waals surface area contributed by atoms with E-state index in [1.807, 2.05) is 42.5 Å². The molecule has 4 rings (SSSR count). The van der Waals surface area contributed by atoms with Gasteiger partial charge in [-0.2, -0.15) is 0 Å². The zero-order valence-electron chi connectivity index (χ0n) is 14.5. The summed E-state index contributed by atoms with van der Waals surface area (Å²) in [6.45, 7) is 3.80. The first-order chi connectivity index (χ1) is 12.8. The number of fused-ring (bicyclic) bond motifs is 2. The molecule has 3 aromatic carbocycles. The molecule has 0 N–H and O–H groups in total. The number of hydrogen-bond donors (Lipinski definition) is 0. The van der Waals surface area contributed by atoms with Gasteiger partial charge in [0, 0.05) is 0 Å². The molecule has 1 aliphatic rings. The molecule has 0 amide bonds. The van der Waals surface area contributed by atoms with Crippen LogP contribution in [0.25, 0.3) is 16.8 Å². The van der Waals surface area contributed by atoms with E-state index in [4.69, 9.17) is 9.47 Å². The Hall–Kier alpha value is -2.91. The lowest BCUT2D eigenvalue weighted by molar-refractivity contribution is -0.0617. The van der Waals surface area contributed by atoms with E-state index in [1.54, 1.807) is 12.1 Å². The molecule has 3 aromatic rings. The number of carbonyl (C=O) groups excluding carboxylic acids is 1. The van der Waals surface area contributed by atoms with Crippen LogP contribution in [0.1, 0.15) is 27.0 Å². The lowest BCUT2D eigenvalue weighted by atomic mass is 10.0. The topological polar surface area (TPSA) is 35.5 Å². The second-order valence-electron chi connectivity index (χ2n) is 6.47. The van der Waals surface area contributed by atoms with Crippen LogP contribution < -0.4 is 0 Å². The van der Waals surface area contributed by atoms with Crippen LogP contribution in [0, 0.1) is 0 Å². The number of ether oxygens (including phenoxy) is 2.